The Morgan fingerprint density at radius 2 is 2.00 bits per heavy atom. The van der Waals surface area contributed by atoms with Crippen LogP contribution in [0.3, 0.4) is 0 Å². The minimum Gasteiger partial charge on any atom is -0.481 e. The average molecular weight is 314 g/mol. The zero-order chi connectivity index (χ0) is 16.0. The van der Waals surface area contributed by atoms with Crippen LogP contribution in [0.2, 0.25) is 0 Å². The topological polar surface area (TPSA) is 104 Å². The summed E-state index contributed by atoms with van der Waals surface area (Å²) in [5.74, 6) is -1.75. The van der Waals surface area contributed by atoms with Crippen molar-refractivity contribution >= 4 is 27.6 Å². The van der Waals surface area contributed by atoms with E-state index >= 15 is 0 Å². The first-order valence-electron chi connectivity index (χ1n) is 6.22. The van der Waals surface area contributed by atoms with Crippen LogP contribution in [0.15, 0.2) is 24.3 Å². The number of nitrogens with one attached hydrogen (secondary N) is 1. The van der Waals surface area contributed by atoms with Gasteiger partial charge in [-0.25, -0.2) is 8.42 Å². The lowest BCUT2D eigenvalue weighted by Crippen LogP contribution is -2.23. The van der Waals surface area contributed by atoms with Gasteiger partial charge in [0.15, 0.2) is 0 Å². The van der Waals surface area contributed by atoms with E-state index in [-0.39, 0.29) is 5.91 Å². The lowest BCUT2D eigenvalue weighted by molar-refractivity contribution is -0.136. The third kappa shape index (κ3) is 6.26. The number of sulfonamides is 1. The van der Waals surface area contributed by atoms with Crippen molar-refractivity contribution in [2.75, 3.05) is 17.5 Å². The summed E-state index contributed by atoms with van der Waals surface area (Å²) in [6.45, 7) is 1.80. The molecule has 0 atom stereocenters. The Hall–Kier alpha value is -2.09. The number of nitrogens with zero attached hydrogens (tertiary/aromatic N) is 1. The fourth-order valence-electron chi connectivity index (χ4n) is 1.57. The minimum atomic E-state index is -3.70. The van der Waals surface area contributed by atoms with Crippen molar-refractivity contribution in [2.45, 2.75) is 19.9 Å². The highest BCUT2D eigenvalue weighted by molar-refractivity contribution is 7.92. The molecule has 0 saturated carbocycles. The van der Waals surface area contributed by atoms with Crippen molar-refractivity contribution < 1.29 is 23.1 Å². The average Bonchev–Trinajstić information content (AvgIpc) is 2.36. The van der Waals surface area contributed by atoms with E-state index in [1.54, 1.807) is 31.3 Å². The van der Waals surface area contributed by atoms with E-state index in [1.807, 2.05) is 0 Å². The van der Waals surface area contributed by atoms with Crippen LogP contribution in [0.1, 0.15) is 18.9 Å². The van der Waals surface area contributed by atoms with E-state index in [1.165, 1.54) is 11.8 Å². The van der Waals surface area contributed by atoms with E-state index in [4.69, 9.17) is 5.11 Å². The summed E-state index contributed by atoms with van der Waals surface area (Å²) in [7, 11) is -2.06. The monoisotopic (exact) mass is 314 g/mol. The largest absolute Gasteiger partial charge is 0.481 e. The van der Waals surface area contributed by atoms with Gasteiger partial charge in [-0.2, -0.15) is 0 Å². The first-order valence-corrected chi connectivity index (χ1v) is 7.88. The number of carbonyl (C=O) groups is 2. The lowest BCUT2D eigenvalue weighted by Gasteiger charge is -2.15. The summed E-state index contributed by atoms with van der Waals surface area (Å²) in [5, 5.41) is 8.51. The summed E-state index contributed by atoms with van der Waals surface area (Å²) in [4.78, 5) is 23.1. The number of hydrogen-bond acceptors (Lipinski definition) is 4. The van der Waals surface area contributed by atoms with Crippen LogP contribution in [-0.2, 0) is 26.2 Å². The Kier molecular flexibility index (Phi) is 5.71. The number of carboxylic acids is 1. The van der Waals surface area contributed by atoms with Gasteiger partial charge in [0.2, 0.25) is 15.9 Å². The molecule has 2 N–H and O–H groups in total. The molecule has 8 heteroatoms. The second-order valence-corrected chi connectivity index (χ2v) is 6.48. The van der Waals surface area contributed by atoms with Gasteiger partial charge in [0.1, 0.15) is 0 Å². The molecule has 1 aromatic carbocycles. The summed E-state index contributed by atoms with van der Waals surface area (Å²) in [5.41, 5.74) is 1.11. The molecule has 7 nitrogen and oxygen atoms in total. The molecule has 0 saturated heterocycles. The predicted octanol–water partition coefficient (Wildman–Crippen LogP) is 0.881. The summed E-state index contributed by atoms with van der Waals surface area (Å²) in [6, 6.07) is 6.61. The molecule has 0 unspecified atom stereocenters. The number of carbonyl (C=O) groups excluding carboxylic acids is 1. The number of benzene rings is 1. The van der Waals surface area contributed by atoms with Gasteiger partial charge in [-0.15, -0.1) is 0 Å². The number of carboxylic acid groups (broad SMARTS) is 1. The van der Waals surface area contributed by atoms with Crippen molar-refractivity contribution in [1.82, 2.24) is 4.90 Å². The summed E-state index contributed by atoms with van der Waals surface area (Å²) in [6.07, 6.45) is -0.456. The molecule has 0 radical (unpaired) electrons. The highest BCUT2D eigenvalue weighted by Gasteiger charge is 2.13. The quantitative estimate of drug-likeness (QED) is 0.777. The first-order chi connectivity index (χ1) is 9.69. The Balaban J connectivity index is 2.76. The van der Waals surface area contributed by atoms with Gasteiger partial charge < -0.3 is 10.0 Å². The predicted molar refractivity (Wildman–Crippen MR) is 78.3 cm³/mol. The molecule has 0 aliphatic carbocycles. The van der Waals surface area contributed by atoms with Crippen molar-refractivity contribution in [1.29, 1.82) is 0 Å². The molecule has 1 aromatic rings. The highest BCUT2D eigenvalue weighted by atomic mass is 32.2. The van der Waals surface area contributed by atoms with E-state index < -0.39 is 28.2 Å². The molecular weight excluding hydrogens is 296 g/mol. The number of anilines is 1. The number of hydrogen-bond donors (Lipinski definition) is 2. The number of rotatable bonds is 7. The fraction of sp³-hybridized carbons (Fsp3) is 0.385. The third-order valence-corrected chi connectivity index (χ3v) is 4.03. The fourth-order valence-corrected chi connectivity index (χ4v) is 2.60. The maximum Gasteiger partial charge on any atom is 0.304 e. The Labute approximate surface area is 123 Å². The van der Waals surface area contributed by atoms with Gasteiger partial charge >= 0.3 is 5.97 Å². The van der Waals surface area contributed by atoms with Crippen LogP contribution in [-0.4, -0.2) is 43.1 Å². The molecule has 0 spiro atoms. The molecule has 1 rings (SSSR count). The minimum absolute atomic E-state index is 0.0950. The summed E-state index contributed by atoms with van der Waals surface area (Å²) >= 11 is 0. The molecule has 116 valence electrons. The molecule has 0 fully saturated rings. The van der Waals surface area contributed by atoms with E-state index in [2.05, 4.69) is 4.72 Å². The Morgan fingerprint density at radius 1 is 1.33 bits per heavy atom. The Bertz CT molecular complexity index is 627. The van der Waals surface area contributed by atoms with Crippen LogP contribution in [0.25, 0.3) is 0 Å². The number of aliphatic carboxylic acids is 1. The van der Waals surface area contributed by atoms with Crippen LogP contribution >= 0.6 is 0 Å². The maximum absolute atomic E-state index is 11.7. The zero-order valence-electron chi connectivity index (χ0n) is 11.9. The maximum atomic E-state index is 11.7. The molecule has 0 heterocycles. The molecule has 0 aliphatic heterocycles. The van der Waals surface area contributed by atoms with Gasteiger partial charge in [-0.05, 0) is 17.7 Å². The van der Waals surface area contributed by atoms with Gasteiger partial charge in [0.25, 0.3) is 0 Å². The van der Waals surface area contributed by atoms with Crippen LogP contribution in [0, 0.1) is 0 Å². The van der Waals surface area contributed by atoms with E-state index in [0.29, 0.717) is 12.2 Å². The van der Waals surface area contributed by atoms with Crippen molar-refractivity contribution in [3.63, 3.8) is 0 Å². The molecule has 1 amide bonds. The molecule has 0 aromatic heterocycles. The molecule has 0 aliphatic rings. The van der Waals surface area contributed by atoms with E-state index in [0.717, 1.165) is 5.56 Å². The van der Waals surface area contributed by atoms with Crippen LogP contribution in [0.4, 0.5) is 5.69 Å². The van der Waals surface area contributed by atoms with Gasteiger partial charge in [0.05, 0.1) is 12.2 Å². The third-order valence-electron chi connectivity index (χ3n) is 2.74. The van der Waals surface area contributed by atoms with Crippen molar-refractivity contribution in [3.05, 3.63) is 29.8 Å². The highest BCUT2D eigenvalue weighted by Crippen LogP contribution is 2.14. The number of amides is 1. The standard InChI is InChI=1S/C13H18N2O5S/c1-10(16)15(2)9-11-4-3-5-12(8-11)14-21(19,20)7-6-13(17)18/h3-5,8,14H,6-7,9H2,1-2H3,(H,17,18). The molecule has 21 heavy (non-hydrogen) atoms. The van der Waals surface area contributed by atoms with Crippen molar-refractivity contribution in [3.8, 4) is 0 Å². The van der Waals surface area contributed by atoms with Gasteiger partial charge in [0, 0.05) is 26.2 Å². The van der Waals surface area contributed by atoms with Gasteiger partial charge in [-0.3, -0.25) is 14.3 Å². The lowest BCUT2D eigenvalue weighted by atomic mass is 10.2. The van der Waals surface area contributed by atoms with Crippen LogP contribution < -0.4 is 4.72 Å². The second-order valence-electron chi connectivity index (χ2n) is 4.64. The SMILES string of the molecule is CC(=O)N(C)Cc1cccc(NS(=O)(=O)CCC(=O)O)c1. The van der Waals surface area contributed by atoms with Crippen LogP contribution in [0.5, 0.6) is 0 Å². The second kappa shape index (κ2) is 7.07. The van der Waals surface area contributed by atoms with Gasteiger partial charge in [-0.1, -0.05) is 12.1 Å². The summed E-state index contributed by atoms with van der Waals surface area (Å²) < 4.78 is 25.7. The van der Waals surface area contributed by atoms with Crippen molar-refractivity contribution in [2.24, 2.45) is 0 Å². The molecule has 0 bridgehead atoms. The zero-order valence-corrected chi connectivity index (χ0v) is 12.7. The smallest absolute Gasteiger partial charge is 0.304 e. The normalized spacial score (nSPS) is 11.0. The van der Waals surface area contributed by atoms with E-state index in [9.17, 15) is 18.0 Å². The Morgan fingerprint density at radius 3 is 2.57 bits per heavy atom. The molecular formula is C13H18N2O5S. The first kappa shape index (κ1) is 17.0.